The Balaban J connectivity index is 0.000000173. The number of hydrogen-bond donors (Lipinski definition) is 3. The zero-order chi connectivity index (χ0) is 33.0. The highest BCUT2D eigenvalue weighted by atomic mass is 35.5. The molecular weight excluding hydrogens is 616 g/mol. The van der Waals surface area contributed by atoms with E-state index in [9.17, 15) is 10.1 Å². The van der Waals surface area contributed by atoms with Gasteiger partial charge in [-0.2, -0.15) is 25.6 Å². The van der Waals surface area contributed by atoms with E-state index in [1.165, 1.54) is 12.5 Å². The van der Waals surface area contributed by atoms with Gasteiger partial charge >= 0.3 is 0 Å². The van der Waals surface area contributed by atoms with Crippen molar-refractivity contribution < 1.29 is 14.6 Å². The molecule has 0 aliphatic heterocycles. The number of rotatable bonds is 8. The van der Waals surface area contributed by atoms with E-state index in [0.29, 0.717) is 30.1 Å². The molecule has 0 spiro atoms. The number of carbonyl (C=O) groups excluding carboxylic acids is 1. The van der Waals surface area contributed by atoms with Gasteiger partial charge in [-0.15, -0.1) is 0 Å². The highest BCUT2D eigenvalue weighted by Crippen LogP contribution is 2.23. The van der Waals surface area contributed by atoms with E-state index in [-0.39, 0.29) is 5.24 Å². The largest absolute Gasteiger partial charge is 0.381 e. The molecule has 11 nitrogen and oxygen atoms in total. The number of nitrogens with zero attached hydrogens (tertiary/aromatic N) is 5. The third-order valence-electron chi connectivity index (χ3n) is 6.70. The fourth-order valence-corrected chi connectivity index (χ4v) is 4.45. The summed E-state index contributed by atoms with van der Waals surface area (Å²) in [7, 11) is 0. The number of para-hydroxylation sites is 2. The van der Waals surface area contributed by atoms with Crippen LogP contribution in [0.1, 0.15) is 29.2 Å². The summed E-state index contributed by atoms with van der Waals surface area (Å²) in [6, 6.07) is 35.5. The molecular formula is C35H31ClN8O3. The Kier molecular flexibility index (Phi) is 10.9. The molecule has 3 heterocycles. The highest BCUT2D eigenvalue weighted by Gasteiger charge is 2.15. The number of nitrogens with one attached hydrogen (secondary N) is 3. The molecule has 0 amide bonds. The molecule has 0 aliphatic rings. The summed E-state index contributed by atoms with van der Waals surface area (Å²) in [5.74, 6) is 1.44. The monoisotopic (exact) mass is 646 g/mol. The molecule has 0 bridgehead atoms. The van der Waals surface area contributed by atoms with Crippen LogP contribution in [0.2, 0.25) is 0 Å². The van der Waals surface area contributed by atoms with E-state index in [0.717, 1.165) is 39.2 Å². The normalized spacial score (nSPS) is 10.3. The Hall–Kier alpha value is -5.96. The predicted octanol–water partition coefficient (Wildman–Crippen LogP) is 7.36. The van der Waals surface area contributed by atoms with Gasteiger partial charge in [0.2, 0.25) is 5.24 Å². The number of nitriles is 1. The van der Waals surface area contributed by atoms with Gasteiger partial charge < -0.3 is 10.2 Å². The van der Waals surface area contributed by atoms with Crippen LogP contribution < -0.4 is 10.2 Å². The number of aryl methyl sites for hydroxylation is 1. The maximum absolute atomic E-state index is 9.57. The fraction of sp³-hybridized carbons (Fsp3) is 0.114. The summed E-state index contributed by atoms with van der Waals surface area (Å²) in [6.45, 7) is 4.28. The van der Waals surface area contributed by atoms with E-state index < -0.39 is 0 Å². The van der Waals surface area contributed by atoms with Crippen LogP contribution in [-0.2, 0) is 22.8 Å². The van der Waals surface area contributed by atoms with Gasteiger partial charge in [-0.25, -0.2) is 9.50 Å². The van der Waals surface area contributed by atoms with E-state index in [1.807, 2.05) is 114 Å². The van der Waals surface area contributed by atoms with Crippen LogP contribution in [0, 0.1) is 18.3 Å². The van der Waals surface area contributed by atoms with Gasteiger partial charge in [0.25, 0.3) is 0 Å². The SMILES string of the molecule is CC(=O)Cl.Cc1ccc(-c2nc3c(C#N)c(CNc4ccccc4)cn3[nH]2)cc1.c1ccc(OOCc2ccc3n[nH]nc3c2)cc1. The van der Waals surface area contributed by atoms with Crippen LogP contribution in [0.25, 0.3) is 28.1 Å². The zero-order valence-electron chi connectivity index (χ0n) is 25.6. The second-order valence-electron chi connectivity index (χ2n) is 10.3. The zero-order valence-corrected chi connectivity index (χ0v) is 26.4. The highest BCUT2D eigenvalue weighted by molar-refractivity contribution is 6.62. The van der Waals surface area contributed by atoms with Crippen LogP contribution in [0.4, 0.5) is 5.69 Å². The maximum Gasteiger partial charge on any atom is 0.218 e. The van der Waals surface area contributed by atoms with Crippen LogP contribution in [-0.4, -0.2) is 35.3 Å². The van der Waals surface area contributed by atoms with Gasteiger partial charge in [-0.3, -0.25) is 9.89 Å². The summed E-state index contributed by atoms with van der Waals surface area (Å²) >= 11 is 4.64. The molecule has 236 valence electrons. The summed E-state index contributed by atoms with van der Waals surface area (Å²) in [5, 5.41) is 26.4. The van der Waals surface area contributed by atoms with Crippen molar-refractivity contribution in [2.45, 2.75) is 27.0 Å². The van der Waals surface area contributed by atoms with Crippen LogP contribution in [0.5, 0.6) is 5.75 Å². The number of fused-ring (bicyclic) bond motifs is 2. The molecule has 0 atom stereocenters. The first-order chi connectivity index (χ1) is 22.9. The van der Waals surface area contributed by atoms with Crippen LogP contribution >= 0.6 is 11.6 Å². The van der Waals surface area contributed by atoms with Crippen molar-refractivity contribution in [2.24, 2.45) is 0 Å². The summed E-state index contributed by atoms with van der Waals surface area (Å²) in [5.41, 5.74) is 8.03. The molecule has 0 radical (unpaired) electrons. The minimum Gasteiger partial charge on any atom is -0.381 e. The van der Waals surface area contributed by atoms with Crippen molar-refractivity contribution in [1.29, 1.82) is 5.26 Å². The topological polar surface area (TPSA) is 146 Å². The minimum atomic E-state index is -0.361. The van der Waals surface area contributed by atoms with Gasteiger partial charge in [0.05, 0.1) is 0 Å². The van der Waals surface area contributed by atoms with Gasteiger partial charge in [0, 0.05) is 36.5 Å². The molecule has 0 aliphatic carbocycles. The molecule has 0 unspecified atom stereocenters. The molecule has 3 N–H and O–H groups in total. The molecule has 47 heavy (non-hydrogen) atoms. The molecule has 0 saturated carbocycles. The van der Waals surface area contributed by atoms with Crippen molar-refractivity contribution >= 4 is 39.2 Å². The minimum absolute atomic E-state index is 0.359. The average molecular weight is 647 g/mol. The first kappa shape index (κ1) is 32.4. The van der Waals surface area contributed by atoms with E-state index in [1.54, 1.807) is 0 Å². The predicted molar refractivity (Wildman–Crippen MR) is 180 cm³/mol. The van der Waals surface area contributed by atoms with Gasteiger partial charge in [0.1, 0.15) is 29.3 Å². The Morgan fingerprint density at radius 2 is 1.64 bits per heavy atom. The average Bonchev–Trinajstić information content (AvgIpc) is 3.80. The molecule has 12 heteroatoms. The molecule has 7 aromatic rings. The lowest BCUT2D eigenvalue weighted by Gasteiger charge is -2.04. The maximum atomic E-state index is 9.57. The molecule has 4 aromatic carbocycles. The number of aromatic nitrogens is 6. The number of H-pyrrole nitrogens is 2. The molecule has 0 saturated heterocycles. The van der Waals surface area contributed by atoms with Crippen LogP contribution in [0.3, 0.4) is 0 Å². The quantitative estimate of drug-likeness (QED) is 0.0882. The lowest BCUT2D eigenvalue weighted by atomic mass is 10.1. The number of aromatic amines is 2. The van der Waals surface area contributed by atoms with E-state index in [4.69, 9.17) is 9.78 Å². The third-order valence-corrected chi connectivity index (χ3v) is 6.70. The second kappa shape index (κ2) is 15.9. The van der Waals surface area contributed by atoms with E-state index in [2.05, 4.69) is 55.4 Å². The third kappa shape index (κ3) is 9.04. The van der Waals surface area contributed by atoms with Crippen molar-refractivity contribution in [3.8, 4) is 23.2 Å². The molecule has 3 aromatic heterocycles. The van der Waals surface area contributed by atoms with Crippen LogP contribution in [0.15, 0.2) is 109 Å². The second-order valence-corrected chi connectivity index (χ2v) is 10.8. The number of carbonyl (C=O) groups is 1. The Morgan fingerprint density at radius 1 is 0.957 bits per heavy atom. The van der Waals surface area contributed by atoms with Crippen molar-refractivity contribution in [3.63, 3.8) is 0 Å². The summed E-state index contributed by atoms with van der Waals surface area (Å²) in [4.78, 5) is 24.2. The van der Waals surface area contributed by atoms with Gasteiger partial charge in [0.15, 0.2) is 17.2 Å². The molecule has 0 fully saturated rings. The van der Waals surface area contributed by atoms with E-state index >= 15 is 0 Å². The molecule has 7 rings (SSSR count). The summed E-state index contributed by atoms with van der Waals surface area (Å²) in [6.07, 6.45) is 1.93. The number of benzene rings is 4. The number of halogens is 1. The Bertz CT molecular complexity index is 2080. The first-order valence-corrected chi connectivity index (χ1v) is 14.9. The smallest absolute Gasteiger partial charge is 0.218 e. The van der Waals surface area contributed by atoms with Gasteiger partial charge in [-0.1, -0.05) is 72.3 Å². The van der Waals surface area contributed by atoms with Crippen molar-refractivity contribution in [2.75, 3.05) is 5.32 Å². The van der Waals surface area contributed by atoms with Gasteiger partial charge in [-0.05, 0) is 60.5 Å². The fourth-order valence-electron chi connectivity index (χ4n) is 4.45. The van der Waals surface area contributed by atoms with Crippen molar-refractivity contribution in [3.05, 3.63) is 132 Å². The number of hydrogen-bond acceptors (Lipinski definition) is 8. The lowest BCUT2D eigenvalue weighted by molar-refractivity contribution is -0.217. The summed E-state index contributed by atoms with van der Waals surface area (Å²) < 4.78 is 1.82. The Morgan fingerprint density at radius 3 is 2.34 bits per heavy atom. The van der Waals surface area contributed by atoms with Crippen molar-refractivity contribution in [1.82, 2.24) is 30.0 Å². The first-order valence-electron chi connectivity index (χ1n) is 14.6. The number of anilines is 1. The lowest BCUT2D eigenvalue weighted by Crippen LogP contribution is -1.99. The standard InChI is InChI=1S/C20H17N5.C13H11N3O2.C2H3ClO/c1-14-7-9-15(10-8-14)19-23-20-18(11-21)16(13-25(20)24-19)12-22-17-5-3-2-4-6-17;1-2-4-11(5-3-1)18-17-9-10-6-7-12-13(8-10)15-16-14-12;1-2(3)4/h2-10,13,22H,12H2,1H3,(H,23,24);1-8H,9H2,(H,14,15,16);1H3. The Labute approximate surface area is 275 Å².